The van der Waals surface area contributed by atoms with Crippen LogP contribution in [-0.4, -0.2) is 49.6 Å². The molecule has 1 amide bonds. The number of nitrogens with zero attached hydrogens (tertiary/aromatic N) is 1. The predicted molar refractivity (Wildman–Crippen MR) is 64.0 cm³/mol. The second kappa shape index (κ2) is 5.29. The maximum atomic E-state index is 12.2. The Labute approximate surface area is 103 Å². The van der Waals surface area contributed by atoms with Gasteiger partial charge in [-0.1, -0.05) is 6.07 Å². The summed E-state index contributed by atoms with van der Waals surface area (Å²) in [7, 11) is 1.34. The molecule has 1 aromatic rings. The van der Waals surface area contributed by atoms with Crippen LogP contribution in [-0.2, 0) is 9.53 Å². The highest BCUT2D eigenvalue weighted by atomic mass is 32.1. The minimum absolute atomic E-state index is 0.100. The van der Waals surface area contributed by atoms with Gasteiger partial charge in [-0.2, -0.15) is 0 Å². The van der Waals surface area contributed by atoms with E-state index in [1.54, 1.807) is 11.0 Å². The predicted octanol–water partition coefficient (Wildman–Crippen LogP) is 0.335. The van der Waals surface area contributed by atoms with E-state index in [2.05, 4.69) is 5.32 Å². The molecule has 0 saturated carbocycles. The van der Waals surface area contributed by atoms with Crippen molar-refractivity contribution in [2.24, 2.45) is 0 Å². The van der Waals surface area contributed by atoms with Gasteiger partial charge in [-0.3, -0.25) is 4.79 Å². The van der Waals surface area contributed by atoms with E-state index in [0.717, 1.165) is 0 Å². The summed E-state index contributed by atoms with van der Waals surface area (Å²) in [6, 6.07) is 3.07. The van der Waals surface area contributed by atoms with Crippen molar-refractivity contribution in [1.29, 1.82) is 0 Å². The molecule has 1 saturated heterocycles. The summed E-state index contributed by atoms with van der Waals surface area (Å²) in [4.78, 5) is 26.0. The zero-order chi connectivity index (χ0) is 12.3. The van der Waals surface area contributed by atoms with Crippen LogP contribution in [0.15, 0.2) is 17.5 Å². The molecule has 1 N–H and O–H groups in total. The minimum atomic E-state index is -0.525. The number of esters is 1. The number of hydrogen-bond acceptors (Lipinski definition) is 5. The summed E-state index contributed by atoms with van der Waals surface area (Å²) in [6.07, 6.45) is 0. The number of carbonyl (C=O) groups is 2. The van der Waals surface area contributed by atoms with E-state index in [0.29, 0.717) is 24.5 Å². The Hall–Kier alpha value is -1.40. The van der Waals surface area contributed by atoms with Crippen LogP contribution in [0.25, 0.3) is 0 Å². The van der Waals surface area contributed by atoms with Crippen LogP contribution in [0.4, 0.5) is 0 Å². The number of nitrogens with one attached hydrogen (secondary N) is 1. The molecule has 1 aromatic heterocycles. The van der Waals surface area contributed by atoms with Crippen molar-refractivity contribution >= 4 is 23.2 Å². The summed E-state index contributed by atoms with van der Waals surface area (Å²) in [6.45, 7) is 1.67. The number of piperazine rings is 1. The lowest BCUT2D eigenvalue weighted by atomic mass is 10.2. The Morgan fingerprint density at radius 2 is 2.41 bits per heavy atom. The fraction of sp³-hybridized carbons (Fsp3) is 0.455. The van der Waals surface area contributed by atoms with Gasteiger partial charge in [0.05, 0.1) is 12.0 Å². The van der Waals surface area contributed by atoms with E-state index in [1.807, 2.05) is 11.4 Å². The number of rotatable bonds is 2. The third kappa shape index (κ3) is 2.48. The van der Waals surface area contributed by atoms with Crippen LogP contribution < -0.4 is 5.32 Å². The van der Waals surface area contributed by atoms with Crippen molar-refractivity contribution in [3.05, 3.63) is 22.4 Å². The van der Waals surface area contributed by atoms with E-state index in [9.17, 15) is 9.59 Å². The standard InChI is InChI=1S/C11H14N2O3S/c1-16-11(15)8-7-12-4-5-13(8)10(14)9-3-2-6-17-9/h2-3,6,8,12H,4-5,7H2,1H3/t8-/m1/s1. The Morgan fingerprint density at radius 3 is 3.06 bits per heavy atom. The van der Waals surface area contributed by atoms with Gasteiger partial charge in [0.1, 0.15) is 6.04 Å². The van der Waals surface area contributed by atoms with E-state index in [4.69, 9.17) is 4.74 Å². The first-order valence-electron chi connectivity index (χ1n) is 5.37. The average Bonchev–Trinajstić information content (AvgIpc) is 2.91. The Bertz CT molecular complexity index is 405. The van der Waals surface area contributed by atoms with E-state index >= 15 is 0 Å². The lowest BCUT2D eigenvalue weighted by molar-refractivity contribution is -0.146. The molecule has 1 aliphatic rings. The van der Waals surface area contributed by atoms with Crippen LogP contribution in [0.5, 0.6) is 0 Å². The van der Waals surface area contributed by atoms with E-state index in [1.165, 1.54) is 18.4 Å². The molecule has 5 nitrogen and oxygen atoms in total. The van der Waals surface area contributed by atoms with Crippen molar-refractivity contribution in [3.63, 3.8) is 0 Å². The van der Waals surface area contributed by atoms with Crippen LogP contribution in [0, 0.1) is 0 Å². The fourth-order valence-corrected chi connectivity index (χ4v) is 2.51. The fourth-order valence-electron chi connectivity index (χ4n) is 1.84. The summed E-state index contributed by atoms with van der Waals surface area (Å²) >= 11 is 1.38. The van der Waals surface area contributed by atoms with Crippen molar-refractivity contribution in [2.45, 2.75) is 6.04 Å². The molecule has 92 valence electrons. The molecule has 17 heavy (non-hydrogen) atoms. The topological polar surface area (TPSA) is 58.6 Å². The molecule has 2 heterocycles. The second-order valence-electron chi connectivity index (χ2n) is 3.72. The van der Waals surface area contributed by atoms with Crippen molar-refractivity contribution in [3.8, 4) is 0 Å². The summed E-state index contributed by atoms with van der Waals surface area (Å²) < 4.78 is 4.72. The zero-order valence-corrected chi connectivity index (χ0v) is 10.3. The highest BCUT2D eigenvalue weighted by molar-refractivity contribution is 7.12. The smallest absolute Gasteiger partial charge is 0.329 e. The highest BCUT2D eigenvalue weighted by Gasteiger charge is 2.33. The molecule has 1 aliphatic heterocycles. The van der Waals surface area contributed by atoms with Crippen molar-refractivity contribution in [1.82, 2.24) is 10.2 Å². The maximum absolute atomic E-state index is 12.2. The molecule has 1 fully saturated rings. The molecule has 2 rings (SSSR count). The van der Waals surface area contributed by atoms with Crippen molar-refractivity contribution in [2.75, 3.05) is 26.7 Å². The van der Waals surface area contributed by atoms with Crippen LogP contribution >= 0.6 is 11.3 Å². The largest absolute Gasteiger partial charge is 0.467 e. The third-order valence-electron chi connectivity index (χ3n) is 2.71. The zero-order valence-electron chi connectivity index (χ0n) is 9.51. The van der Waals surface area contributed by atoms with Crippen molar-refractivity contribution < 1.29 is 14.3 Å². The molecule has 0 radical (unpaired) electrons. The SMILES string of the molecule is COC(=O)[C@H]1CNCCN1C(=O)c1cccs1. The maximum Gasteiger partial charge on any atom is 0.329 e. The monoisotopic (exact) mass is 254 g/mol. The van der Waals surface area contributed by atoms with Gasteiger partial charge in [0.2, 0.25) is 0 Å². The Balaban J connectivity index is 2.16. The molecule has 0 bridgehead atoms. The number of ether oxygens (including phenoxy) is 1. The quantitative estimate of drug-likeness (QED) is 0.773. The normalized spacial score (nSPS) is 20.1. The molecule has 0 aliphatic carbocycles. The van der Waals surface area contributed by atoms with Gasteiger partial charge in [0.25, 0.3) is 5.91 Å². The van der Waals surface area contributed by atoms with E-state index < -0.39 is 6.04 Å². The first-order chi connectivity index (χ1) is 8.24. The molecule has 0 unspecified atom stereocenters. The summed E-state index contributed by atoms with van der Waals surface area (Å²) in [5, 5.41) is 4.94. The van der Waals surface area contributed by atoms with Gasteiger partial charge >= 0.3 is 5.97 Å². The third-order valence-corrected chi connectivity index (χ3v) is 3.57. The molecule has 1 atom stereocenters. The molecule has 0 aromatic carbocycles. The van der Waals surface area contributed by atoms with Gasteiger partial charge in [0, 0.05) is 19.6 Å². The van der Waals surface area contributed by atoms with Crippen LogP contribution in [0.3, 0.4) is 0 Å². The lowest BCUT2D eigenvalue weighted by Gasteiger charge is -2.33. The number of thiophene rings is 1. The van der Waals surface area contributed by atoms with Gasteiger partial charge in [0.15, 0.2) is 0 Å². The highest BCUT2D eigenvalue weighted by Crippen LogP contribution is 2.15. The number of amides is 1. The molecule has 6 heteroatoms. The molecule has 0 spiro atoms. The summed E-state index contributed by atoms with van der Waals surface area (Å²) in [5.41, 5.74) is 0. The molecular formula is C11H14N2O3S. The van der Waals surface area contributed by atoms with Crippen LogP contribution in [0.2, 0.25) is 0 Å². The first-order valence-corrected chi connectivity index (χ1v) is 6.25. The van der Waals surface area contributed by atoms with E-state index in [-0.39, 0.29) is 11.9 Å². The molecular weight excluding hydrogens is 240 g/mol. The average molecular weight is 254 g/mol. The van der Waals surface area contributed by atoms with Gasteiger partial charge in [-0.25, -0.2) is 4.79 Å². The Kier molecular flexibility index (Phi) is 3.75. The first kappa shape index (κ1) is 12.1. The number of methoxy groups -OCH3 is 1. The second-order valence-corrected chi connectivity index (χ2v) is 4.67. The van der Waals surface area contributed by atoms with Gasteiger partial charge in [-0.05, 0) is 11.4 Å². The van der Waals surface area contributed by atoms with Crippen LogP contribution in [0.1, 0.15) is 9.67 Å². The minimum Gasteiger partial charge on any atom is -0.467 e. The number of carbonyl (C=O) groups excluding carboxylic acids is 2. The van der Waals surface area contributed by atoms with Gasteiger partial charge < -0.3 is 15.0 Å². The summed E-state index contributed by atoms with van der Waals surface area (Å²) in [5.74, 6) is -0.473. The lowest BCUT2D eigenvalue weighted by Crippen LogP contribution is -2.57. The van der Waals surface area contributed by atoms with Gasteiger partial charge in [-0.15, -0.1) is 11.3 Å². The number of hydrogen-bond donors (Lipinski definition) is 1. The Morgan fingerprint density at radius 1 is 1.59 bits per heavy atom.